The molecular formula is C14H9Cl2N3. The highest BCUT2D eigenvalue weighted by Crippen LogP contribution is 2.24. The number of pyridine rings is 1. The third-order valence-electron chi connectivity index (χ3n) is 2.73. The average molecular weight is 290 g/mol. The van der Waals surface area contributed by atoms with E-state index in [1.807, 2.05) is 42.6 Å². The Kier molecular flexibility index (Phi) is 3.23. The molecule has 0 amide bonds. The lowest BCUT2D eigenvalue weighted by molar-refractivity contribution is 0.874. The molecule has 3 nitrogen and oxygen atoms in total. The Hall–Kier alpha value is -1.84. The molecule has 0 unspecified atom stereocenters. The van der Waals surface area contributed by atoms with Gasteiger partial charge in [-0.2, -0.15) is 5.10 Å². The van der Waals surface area contributed by atoms with Gasteiger partial charge in [-0.15, -0.1) is 0 Å². The molecule has 0 aliphatic rings. The van der Waals surface area contributed by atoms with Gasteiger partial charge in [0.05, 0.1) is 6.20 Å². The Morgan fingerprint density at radius 2 is 1.89 bits per heavy atom. The van der Waals surface area contributed by atoms with Gasteiger partial charge < -0.3 is 0 Å². The molecule has 0 aliphatic heterocycles. The normalized spacial score (nSPS) is 10.6. The predicted molar refractivity (Wildman–Crippen MR) is 76.8 cm³/mol. The van der Waals surface area contributed by atoms with Gasteiger partial charge in [-0.25, -0.2) is 9.67 Å². The van der Waals surface area contributed by atoms with Gasteiger partial charge in [0.1, 0.15) is 5.69 Å². The van der Waals surface area contributed by atoms with Crippen molar-refractivity contribution < 1.29 is 0 Å². The molecule has 0 atom stereocenters. The molecule has 3 aromatic rings. The van der Waals surface area contributed by atoms with Crippen LogP contribution in [0.25, 0.3) is 16.8 Å². The van der Waals surface area contributed by atoms with Crippen LogP contribution in [0.15, 0.2) is 55.0 Å². The number of halogens is 2. The van der Waals surface area contributed by atoms with E-state index >= 15 is 0 Å². The van der Waals surface area contributed by atoms with Crippen LogP contribution < -0.4 is 0 Å². The van der Waals surface area contributed by atoms with Crippen molar-refractivity contribution in [2.24, 2.45) is 0 Å². The van der Waals surface area contributed by atoms with Gasteiger partial charge in [-0.05, 0) is 29.8 Å². The number of rotatable bonds is 2. The molecule has 0 bridgehead atoms. The first-order chi connectivity index (χ1) is 9.24. The second-order valence-corrected chi connectivity index (χ2v) is 4.79. The van der Waals surface area contributed by atoms with Crippen LogP contribution in [0.3, 0.4) is 0 Å². The van der Waals surface area contributed by atoms with E-state index in [4.69, 9.17) is 23.2 Å². The summed E-state index contributed by atoms with van der Waals surface area (Å²) in [4.78, 5) is 4.04. The second-order valence-electron chi connectivity index (χ2n) is 4.00. The summed E-state index contributed by atoms with van der Waals surface area (Å²) in [6.07, 6.45) is 5.32. The Balaban J connectivity index is 2.03. The Morgan fingerprint density at radius 1 is 1.00 bits per heavy atom. The molecule has 0 N–H and O–H groups in total. The molecule has 2 aromatic heterocycles. The molecule has 94 valence electrons. The van der Waals surface area contributed by atoms with Gasteiger partial charge in [-0.3, -0.25) is 0 Å². The minimum absolute atomic E-state index is 0.420. The fourth-order valence-corrected chi connectivity index (χ4v) is 2.22. The Labute approximate surface area is 120 Å². The van der Waals surface area contributed by atoms with Crippen molar-refractivity contribution in [1.29, 1.82) is 0 Å². The molecule has 3 rings (SSSR count). The number of aromatic nitrogens is 3. The number of hydrogen-bond acceptors (Lipinski definition) is 2. The van der Waals surface area contributed by atoms with Crippen molar-refractivity contribution in [3.05, 3.63) is 65.2 Å². The number of hydrogen-bond donors (Lipinski definition) is 0. The van der Waals surface area contributed by atoms with E-state index in [-0.39, 0.29) is 0 Å². The molecule has 0 fully saturated rings. The van der Waals surface area contributed by atoms with Gasteiger partial charge in [0, 0.05) is 23.0 Å². The predicted octanol–water partition coefficient (Wildman–Crippen LogP) is 4.24. The number of nitrogens with zero attached hydrogens (tertiary/aromatic N) is 3. The standard InChI is InChI=1S/C14H9Cl2N3/c15-12-4-1-3-10(7-12)11-8-18-19(9-11)13-5-2-6-17-14(13)16/h1-9H. The highest BCUT2D eigenvalue weighted by atomic mass is 35.5. The zero-order chi connectivity index (χ0) is 13.2. The van der Waals surface area contributed by atoms with Crippen molar-refractivity contribution in [2.45, 2.75) is 0 Å². The third-order valence-corrected chi connectivity index (χ3v) is 3.25. The average Bonchev–Trinajstić information content (AvgIpc) is 2.89. The van der Waals surface area contributed by atoms with Crippen molar-refractivity contribution in [1.82, 2.24) is 14.8 Å². The zero-order valence-electron chi connectivity index (χ0n) is 9.79. The maximum absolute atomic E-state index is 6.05. The highest BCUT2D eigenvalue weighted by molar-refractivity contribution is 6.31. The summed E-state index contributed by atoms with van der Waals surface area (Å²) in [5.41, 5.74) is 2.73. The van der Waals surface area contributed by atoms with Crippen molar-refractivity contribution in [2.75, 3.05) is 0 Å². The summed E-state index contributed by atoms with van der Waals surface area (Å²) in [5.74, 6) is 0. The van der Waals surface area contributed by atoms with Crippen LogP contribution in [0, 0.1) is 0 Å². The van der Waals surface area contributed by atoms with Crippen molar-refractivity contribution in [3.63, 3.8) is 0 Å². The van der Waals surface area contributed by atoms with E-state index in [2.05, 4.69) is 10.1 Å². The molecular weight excluding hydrogens is 281 g/mol. The zero-order valence-corrected chi connectivity index (χ0v) is 11.3. The minimum atomic E-state index is 0.420. The maximum Gasteiger partial charge on any atom is 0.154 e. The summed E-state index contributed by atoms with van der Waals surface area (Å²) in [6, 6.07) is 11.3. The van der Waals surface area contributed by atoms with E-state index in [1.165, 1.54) is 0 Å². The highest BCUT2D eigenvalue weighted by Gasteiger charge is 2.07. The maximum atomic E-state index is 6.05. The van der Waals surface area contributed by atoms with Crippen LogP contribution in [-0.2, 0) is 0 Å². The lowest BCUT2D eigenvalue weighted by atomic mass is 10.1. The minimum Gasteiger partial charge on any atom is -0.242 e. The molecule has 0 spiro atoms. The van der Waals surface area contributed by atoms with Crippen LogP contribution >= 0.6 is 23.2 Å². The summed E-state index contributed by atoms with van der Waals surface area (Å²) in [6.45, 7) is 0. The fourth-order valence-electron chi connectivity index (χ4n) is 1.82. The molecule has 0 aliphatic carbocycles. The SMILES string of the molecule is Clc1cccc(-c2cnn(-c3cccnc3Cl)c2)c1. The van der Waals surface area contributed by atoms with E-state index in [0.29, 0.717) is 10.2 Å². The van der Waals surface area contributed by atoms with Crippen LogP contribution in [0.5, 0.6) is 0 Å². The molecule has 1 aromatic carbocycles. The fraction of sp³-hybridized carbons (Fsp3) is 0. The summed E-state index contributed by atoms with van der Waals surface area (Å²) >= 11 is 12.0. The molecule has 5 heteroatoms. The van der Waals surface area contributed by atoms with Crippen LogP contribution in [0.4, 0.5) is 0 Å². The van der Waals surface area contributed by atoms with E-state index in [1.54, 1.807) is 17.1 Å². The van der Waals surface area contributed by atoms with Crippen LogP contribution in [-0.4, -0.2) is 14.8 Å². The van der Waals surface area contributed by atoms with Gasteiger partial charge >= 0.3 is 0 Å². The summed E-state index contributed by atoms with van der Waals surface area (Å²) in [7, 11) is 0. The first-order valence-electron chi connectivity index (χ1n) is 5.65. The Bertz CT molecular complexity index is 722. The quantitative estimate of drug-likeness (QED) is 0.661. The molecule has 0 saturated carbocycles. The molecule has 2 heterocycles. The van der Waals surface area contributed by atoms with E-state index in [9.17, 15) is 0 Å². The topological polar surface area (TPSA) is 30.7 Å². The van der Waals surface area contributed by atoms with E-state index < -0.39 is 0 Å². The number of benzene rings is 1. The molecule has 19 heavy (non-hydrogen) atoms. The first kappa shape index (κ1) is 12.2. The van der Waals surface area contributed by atoms with Crippen molar-refractivity contribution in [3.8, 4) is 16.8 Å². The van der Waals surface area contributed by atoms with Gasteiger partial charge in [-0.1, -0.05) is 35.3 Å². The van der Waals surface area contributed by atoms with Gasteiger partial charge in [0.2, 0.25) is 0 Å². The molecule has 0 radical (unpaired) electrons. The first-order valence-corrected chi connectivity index (χ1v) is 6.41. The smallest absolute Gasteiger partial charge is 0.154 e. The van der Waals surface area contributed by atoms with Gasteiger partial charge in [0.25, 0.3) is 0 Å². The lowest BCUT2D eigenvalue weighted by Gasteiger charge is -2.02. The third kappa shape index (κ3) is 2.48. The monoisotopic (exact) mass is 289 g/mol. The van der Waals surface area contributed by atoms with E-state index in [0.717, 1.165) is 16.8 Å². The Morgan fingerprint density at radius 3 is 2.68 bits per heavy atom. The largest absolute Gasteiger partial charge is 0.242 e. The summed E-state index contributed by atoms with van der Waals surface area (Å²) in [5, 5.41) is 5.42. The lowest BCUT2D eigenvalue weighted by Crippen LogP contribution is -1.95. The summed E-state index contributed by atoms with van der Waals surface area (Å²) < 4.78 is 1.70. The van der Waals surface area contributed by atoms with Gasteiger partial charge in [0.15, 0.2) is 5.15 Å². The van der Waals surface area contributed by atoms with Crippen LogP contribution in [0.2, 0.25) is 10.2 Å². The second kappa shape index (κ2) is 5.03. The molecule has 0 saturated heterocycles. The van der Waals surface area contributed by atoms with Crippen molar-refractivity contribution >= 4 is 23.2 Å². The van der Waals surface area contributed by atoms with Crippen LogP contribution in [0.1, 0.15) is 0 Å².